The summed E-state index contributed by atoms with van der Waals surface area (Å²) >= 11 is 3.57. The second-order valence-electron chi connectivity index (χ2n) is 5.21. The molecule has 1 saturated carbocycles. The summed E-state index contributed by atoms with van der Waals surface area (Å²) in [6, 6.07) is 0.0115. The lowest BCUT2D eigenvalue weighted by Crippen LogP contribution is -2.27. The van der Waals surface area contributed by atoms with Crippen LogP contribution in [0.25, 0.3) is 0 Å². The minimum absolute atomic E-state index is 0.0115. The Morgan fingerprint density at radius 3 is 2.78 bits per heavy atom. The van der Waals surface area contributed by atoms with Crippen LogP contribution in [0.15, 0.2) is 4.47 Å². The van der Waals surface area contributed by atoms with E-state index in [9.17, 15) is 4.39 Å². The highest BCUT2D eigenvalue weighted by molar-refractivity contribution is 9.10. The van der Waals surface area contributed by atoms with Crippen molar-refractivity contribution in [3.63, 3.8) is 0 Å². The van der Waals surface area contributed by atoms with E-state index in [-0.39, 0.29) is 6.04 Å². The number of hydrogen-bond acceptors (Lipinski definition) is 2. The predicted octanol–water partition coefficient (Wildman–Crippen LogP) is 2.99. The van der Waals surface area contributed by atoms with Gasteiger partial charge in [0.25, 0.3) is 0 Å². The van der Waals surface area contributed by atoms with Crippen molar-refractivity contribution in [2.24, 2.45) is 5.73 Å². The first kappa shape index (κ1) is 14.0. The van der Waals surface area contributed by atoms with Gasteiger partial charge < -0.3 is 5.73 Å². The average Bonchev–Trinajstić information content (AvgIpc) is 2.82. The summed E-state index contributed by atoms with van der Waals surface area (Å²) in [6.07, 6.45) is 3.10. The zero-order chi connectivity index (χ0) is 13.3. The Morgan fingerprint density at radius 1 is 1.56 bits per heavy atom. The summed E-state index contributed by atoms with van der Waals surface area (Å²) in [7, 11) is 0. The molecule has 5 heteroatoms. The van der Waals surface area contributed by atoms with Crippen LogP contribution in [-0.2, 0) is 19.4 Å². The van der Waals surface area contributed by atoms with Crippen LogP contribution in [-0.4, -0.2) is 21.5 Å². The molecule has 2 N–H and O–H groups in total. The van der Waals surface area contributed by atoms with E-state index in [4.69, 9.17) is 5.73 Å². The van der Waals surface area contributed by atoms with E-state index < -0.39 is 5.67 Å². The summed E-state index contributed by atoms with van der Waals surface area (Å²) in [5.41, 5.74) is 6.67. The van der Waals surface area contributed by atoms with Crippen molar-refractivity contribution < 1.29 is 4.39 Å². The van der Waals surface area contributed by atoms with Crippen LogP contribution in [0.2, 0.25) is 0 Å². The molecule has 0 aromatic carbocycles. The maximum Gasteiger partial charge on any atom is 0.118 e. The Bertz CT molecular complexity index is 432. The lowest BCUT2D eigenvalue weighted by Gasteiger charge is -2.20. The Kier molecular flexibility index (Phi) is 4.11. The average molecular weight is 318 g/mol. The summed E-state index contributed by atoms with van der Waals surface area (Å²) in [6.45, 7) is 4.87. The van der Waals surface area contributed by atoms with Gasteiger partial charge in [0.05, 0.1) is 15.9 Å². The molecular weight excluding hydrogens is 297 g/mol. The van der Waals surface area contributed by atoms with Crippen LogP contribution >= 0.6 is 15.9 Å². The van der Waals surface area contributed by atoms with Gasteiger partial charge in [0, 0.05) is 19.0 Å². The zero-order valence-electron chi connectivity index (χ0n) is 11.0. The van der Waals surface area contributed by atoms with Gasteiger partial charge in [0.1, 0.15) is 5.67 Å². The molecule has 2 atom stereocenters. The van der Waals surface area contributed by atoms with Crippen LogP contribution in [0.4, 0.5) is 4.39 Å². The first-order valence-corrected chi connectivity index (χ1v) is 7.47. The van der Waals surface area contributed by atoms with Crippen molar-refractivity contribution in [1.82, 2.24) is 9.78 Å². The number of halogens is 2. The summed E-state index contributed by atoms with van der Waals surface area (Å²) in [5.74, 6) is 0. The molecule has 102 valence electrons. The third-order valence-electron chi connectivity index (χ3n) is 3.77. The lowest BCUT2D eigenvalue weighted by molar-refractivity contribution is 0.166. The number of aromatic nitrogens is 2. The number of alkyl halides is 1. The number of nitrogens with zero attached hydrogens (tertiary/aromatic N) is 2. The van der Waals surface area contributed by atoms with E-state index in [1.54, 1.807) is 0 Å². The number of rotatable bonds is 4. The quantitative estimate of drug-likeness (QED) is 0.927. The molecule has 1 heterocycles. The zero-order valence-corrected chi connectivity index (χ0v) is 12.6. The van der Waals surface area contributed by atoms with E-state index >= 15 is 0 Å². The second-order valence-corrected chi connectivity index (χ2v) is 6.00. The second kappa shape index (κ2) is 5.29. The topological polar surface area (TPSA) is 43.8 Å². The molecule has 1 aliphatic carbocycles. The van der Waals surface area contributed by atoms with Crippen molar-refractivity contribution in [3.8, 4) is 0 Å². The highest BCUT2D eigenvalue weighted by Crippen LogP contribution is 2.38. The van der Waals surface area contributed by atoms with Crippen molar-refractivity contribution in [2.75, 3.05) is 0 Å². The van der Waals surface area contributed by atoms with E-state index in [1.807, 2.05) is 11.6 Å². The monoisotopic (exact) mass is 317 g/mol. The van der Waals surface area contributed by atoms with Crippen LogP contribution in [0.5, 0.6) is 0 Å². The van der Waals surface area contributed by atoms with Gasteiger partial charge in [-0.05, 0) is 48.5 Å². The van der Waals surface area contributed by atoms with Crippen molar-refractivity contribution >= 4 is 15.9 Å². The summed E-state index contributed by atoms with van der Waals surface area (Å²) < 4.78 is 17.6. The van der Waals surface area contributed by atoms with E-state index in [0.717, 1.165) is 35.2 Å². The maximum atomic E-state index is 14.7. The molecule has 1 fully saturated rings. The lowest BCUT2D eigenvalue weighted by atomic mass is 9.97. The fraction of sp³-hybridized carbons (Fsp3) is 0.769. The van der Waals surface area contributed by atoms with E-state index in [1.165, 1.54) is 0 Å². The number of hydrogen-bond donors (Lipinski definition) is 1. The molecule has 3 nitrogen and oxygen atoms in total. The molecule has 18 heavy (non-hydrogen) atoms. The first-order chi connectivity index (χ1) is 8.49. The molecule has 1 aliphatic rings. The van der Waals surface area contributed by atoms with E-state index in [0.29, 0.717) is 19.3 Å². The van der Waals surface area contributed by atoms with Crippen LogP contribution < -0.4 is 5.73 Å². The van der Waals surface area contributed by atoms with Crippen molar-refractivity contribution in [1.29, 1.82) is 0 Å². The van der Waals surface area contributed by atoms with Gasteiger partial charge in [0.15, 0.2) is 0 Å². The van der Waals surface area contributed by atoms with Crippen molar-refractivity contribution in [2.45, 2.75) is 64.2 Å². The Morgan fingerprint density at radius 2 is 2.28 bits per heavy atom. The number of nitrogens with two attached hydrogens (primary N) is 1. The fourth-order valence-corrected chi connectivity index (χ4v) is 3.47. The molecule has 0 spiro atoms. The summed E-state index contributed by atoms with van der Waals surface area (Å²) in [5, 5.41) is 4.51. The standard InChI is InChI=1S/C13H21BrFN3/c1-3-10-12(14)11(18(4-2)17-10)8-13(15)6-5-9(16)7-13/h9H,3-8,16H2,1-2H3. The van der Waals surface area contributed by atoms with Gasteiger partial charge in [-0.2, -0.15) is 5.10 Å². The van der Waals surface area contributed by atoms with Gasteiger partial charge in [-0.3, -0.25) is 4.68 Å². The minimum atomic E-state index is -1.15. The molecule has 2 unspecified atom stereocenters. The maximum absolute atomic E-state index is 14.7. The Hall–Kier alpha value is -0.420. The first-order valence-electron chi connectivity index (χ1n) is 6.67. The van der Waals surface area contributed by atoms with Crippen LogP contribution in [0.1, 0.15) is 44.5 Å². The Balaban J connectivity index is 2.25. The van der Waals surface area contributed by atoms with Gasteiger partial charge >= 0.3 is 0 Å². The molecule has 0 saturated heterocycles. The fourth-order valence-electron chi connectivity index (χ4n) is 2.76. The molecule has 2 rings (SSSR count). The highest BCUT2D eigenvalue weighted by atomic mass is 79.9. The number of aryl methyl sites for hydroxylation is 2. The largest absolute Gasteiger partial charge is 0.328 e. The molecule has 0 amide bonds. The van der Waals surface area contributed by atoms with Gasteiger partial charge in [-0.25, -0.2) is 4.39 Å². The Labute approximate surface area is 116 Å². The molecule has 0 bridgehead atoms. The minimum Gasteiger partial charge on any atom is -0.328 e. The highest BCUT2D eigenvalue weighted by Gasteiger charge is 2.39. The summed E-state index contributed by atoms with van der Waals surface area (Å²) in [4.78, 5) is 0. The van der Waals surface area contributed by atoms with Crippen LogP contribution in [0, 0.1) is 0 Å². The van der Waals surface area contributed by atoms with Gasteiger partial charge in [0.2, 0.25) is 0 Å². The van der Waals surface area contributed by atoms with E-state index in [2.05, 4.69) is 28.0 Å². The molecule has 1 aromatic rings. The van der Waals surface area contributed by atoms with Crippen molar-refractivity contribution in [3.05, 3.63) is 15.9 Å². The smallest absolute Gasteiger partial charge is 0.118 e. The van der Waals surface area contributed by atoms with Crippen LogP contribution in [0.3, 0.4) is 0 Å². The van der Waals surface area contributed by atoms with Gasteiger partial charge in [-0.1, -0.05) is 6.92 Å². The molecular formula is C13H21BrFN3. The molecule has 0 aliphatic heterocycles. The third-order valence-corrected chi connectivity index (χ3v) is 4.68. The normalized spacial score (nSPS) is 27.9. The van der Waals surface area contributed by atoms with Gasteiger partial charge in [-0.15, -0.1) is 0 Å². The SMILES string of the molecule is CCc1nn(CC)c(CC2(F)CCC(N)C2)c1Br. The predicted molar refractivity (Wildman–Crippen MR) is 74.3 cm³/mol. The molecule has 0 radical (unpaired) electrons. The molecule has 1 aromatic heterocycles. The third kappa shape index (κ3) is 2.62.